The molecular formula is C21H24N4O5. The minimum absolute atomic E-state index is 0.000362. The van der Waals surface area contributed by atoms with Gasteiger partial charge in [0.1, 0.15) is 5.70 Å². The molecule has 3 rings (SSSR count). The lowest BCUT2D eigenvalue weighted by molar-refractivity contribution is -0.384. The van der Waals surface area contributed by atoms with Gasteiger partial charge < -0.3 is 16.2 Å². The zero-order chi connectivity index (χ0) is 22.2. The minimum atomic E-state index is -0.849. The molecule has 1 atom stereocenters. The van der Waals surface area contributed by atoms with Crippen LogP contribution in [0.1, 0.15) is 45.1 Å². The number of nitrogens with zero attached hydrogens (tertiary/aromatic N) is 2. The number of hydrogen-bond donors (Lipinski definition) is 2. The summed E-state index contributed by atoms with van der Waals surface area (Å²) in [6.45, 7) is 5.82. The van der Waals surface area contributed by atoms with E-state index in [1.807, 2.05) is 13.8 Å². The summed E-state index contributed by atoms with van der Waals surface area (Å²) in [4.78, 5) is 40.0. The van der Waals surface area contributed by atoms with Crippen molar-refractivity contribution in [2.75, 3.05) is 6.61 Å². The molecule has 158 valence electrons. The average molecular weight is 412 g/mol. The first kappa shape index (κ1) is 21.2. The normalized spacial score (nSPS) is 20.4. The van der Waals surface area contributed by atoms with Gasteiger partial charge in [-0.2, -0.15) is 0 Å². The monoisotopic (exact) mass is 412 g/mol. The van der Waals surface area contributed by atoms with Gasteiger partial charge in [0.05, 0.1) is 17.1 Å². The third kappa shape index (κ3) is 3.83. The summed E-state index contributed by atoms with van der Waals surface area (Å²) < 4.78 is 5.19. The van der Waals surface area contributed by atoms with Crippen LogP contribution in [0.15, 0.2) is 51.8 Å². The largest absolute Gasteiger partial charge is 0.463 e. The number of carbonyl (C=O) groups excluding carboxylic acids is 2. The Balaban J connectivity index is 2.29. The van der Waals surface area contributed by atoms with Crippen LogP contribution in [-0.4, -0.2) is 29.1 Å². The fourth-order valence-corrected chi connectivity index (χ4v) is 4.07. The molecule has 1 aliphatic heterocycles. The quantitative estimate of drug-likeness (QED) is 0.431. The third-order valence-corrected chi connectivity index (χ3v) is 5.22. The second kappa shape index (κ2) is 7.74. The summed E-state index contributed by atoms with van der Waals surface area (Å²) in [6.07, 6.45) is 1.12. The van der Waals surface area contributed by atoms with Crippen molar-refractivity contribution in [3.8, 4) is 0 Å². The van der Waals surface area contributed by atoms with Gasteiger partial charge in [0.2, 0.25) is 0 Å². The summed E-state index contributed by atoms with van der Waals surface area (Å²) in [5, 5.41) is 11.1. The number of aliphatic imine (C=N–C) groups is 1. The van der Waals surface area contributed by atoms with Gasteiger partial charge in [0, 0.05) is 35.0 Å². The molecule has 2 aliphatic rings. The van der Waals surface area contributed by atoms with Gasteiger partial charge in [-0.1, -0.05) is 26.0 Å². The lowest BCUT2D eigenvalue weighted by Crippen LogP contribution is -2.37. The van der Waals surface area contributed by atoms with Gasteiger partial charge in [0.15, 0.2) is 0 Å². The molecule has 1 aromatic rings. The SMILES string of the molecule is CCOC(=O)C1=C(C(N)=O)N=C2CC(C)(C)CC(N)=C2[C@@H]1c1ccc([N+](=O)[O-])cc1. The predicted molar refractivity (Wildman–Crippen MR) is 110 cm³/mol. The van der Waals surface area contributed by atoms with Crippen molar-refractivity contribution >= 4 is 23.3 Å². The van der Waals surface area contributed by atoms with E-state index in [-0.39, 0.29) is 29.0 Å². The molecule has 0 radical (unpaired) electrons. The van der Waals surface area contributed by atoms with Crippen LogP contribution in [0.4, 0.5) is 5.69 Å². The maximum atomic E-state index is 12.9. The van der Waals surface area contributed by atoms with Crippen molar-refractivity contribution in [2.24, 2.45) is 21.9 Å². The number of hydrogen-bond acceptors (Lipinski definition) is 7. The van der Waals surface area contributed by atoms with Gasteiger partial charge in [-0.15, -0.1) is 0 Å². The fourth-order valence-electron chi connectivity index (χ4n) is 4.07. The van der Waals surface area contributed by atoms with Gasteiger partial charge in [-0.3, -0.25) is 14.9 Å². The summed E-state index contributed by atoms with van der Waals surface area (Å²) in [6, 6.07) is 5.78. The van der Waals surface area contributed by atoms with Crippen LogP contribution in [0.2, 0.25) is 0 Å². The number of ether oxygens (including phenoxy) is 1. The van der Waals surface area contributed by atoms with E-state index in [0.29, 0.717) is 35.4 Å². The van der Waals surface area contributed by atoms with Crippen molar-refractivity contribution in [1.29, 1.82) is 0 Å². The number of allylic oxidation sites excluding steroid dienone is 2. The number of rotatable bonds is 5. The maximum absolute atomic E-state index is 12.9. The highest BCUT2D eigenvalue weighted by atomic mass is 16.6. The Bertz CT molecular complexity index is 1020. The molecule has 0 aromatic heterocycles. The summed E-state index contributed by atoms with van der Waals surface area (Å²) >= 11 is 0. The molecule has 0 unspecified atom stereocenters. The average Bonchev–Trinajstić information content (AvgIpc) is 2.65. The Morgan fingerprint density at radius 3 is 2.43 bits per heavy atom. The molecule has 0 spiro atoms. The number of esters is 1. The molecule has 1 amide bonds. The molecule has 1 aliphatic carbocycles. The van der Waals surface area contributed by atoms with E-state index in [2.05, 4.69) is 4.99 Å². The smallest absolute Gasteiger partial charge is 0.337 e. The Labute approximate surface area is 173 Å². The van der Waals surface area contributed by atoms with Crippen molar-refractivity contribution in [2.45, 2.75) is 39.5 Å². The van der Waals surface area contributed by atoms with Crippen LogP contribution >= 0.6 is 0 Å². The van der Waals surface area contributed by atoms with Crippen molar-refractivity contribution in [3.63, 3.8) is 0 Å². The van der Waals surface area contributed by atoms with Gasteiger partial charge in [0.25, 0.3) is 11.6 Å². The first-order valence-corrected chi connectivity index (χ1v) is 9.57. The number of benzene rings is 1. The van der Waals surface area contributed by atoms with Crippen LogP contribution < -0.4 is 11.5 Å². The second-order valence-corrected chi connectivity index (χ2v) is 8.14. The van der Waals surface area contributed by atoms with Crippen LogP contribution in [-0.2, 0) is 14.3 Å². The Kier molecular flexibility index (Phi) is 5.47. The number of nitrogens with two attached hydrogens (primary N) is 2. The van der Waals surface area contributed by atoms with Crippen LogP contribution in [0.5, 0.6) is 0 Å². The highest BCUT2D eigenvalue weighted by Crippen LogP contribution is 2.47. The summed E-state index contributed by atoms with van der Waals surface area (Å²) in [5.41, 5.74) is 13.9. The molecular weight excluding hydrogens is 388 g/mol. The lowest BCUT2D eigenvalue weighted by atomic mass is 9.68. The minimum Gasteiger partial charge on any atom is -0.463 e. The molecule has 0 fully saturated rings. The Hall–Kier alpha value is -3.49. The molecule has 0 saturated heterocycles. The lowest BCUT2D eigenvalue weighted by Gasteiger charge is -2.38. The van der Waals surface area contributed by atoms with Crippen molar-refractivity contribution < 1.29 is 19.2 Å². The van der Waals surface area contributed by atoms with E-state index in [1.54, 1.807) is 19.1 Å². The molecule has 0 bridgehead atoms. The molecule has 1 heterocycles. The zero-order valence-corrected chi connectivity index (χ0v) is 17.1. The van der Waals surface area contributed by atoms with Gasteiger partial charge in [-0.25, -0.2) is 9.79 Å². The highest BCUT2D eigenvalue weighted by molar-refractivity contribution is 6.14. The van der Waals surface area contributed by atoms with E-state index in [1.165, 1.54) is 12.1 Å². The maximum Gasteiger partial charge on any atom is 0.337 e. The number of nitro groups is 1. The van der Waals surface area contributed by atoms with E-state index in [4.69, 9.17) is 16.2 Å². The fraction of sp³-hybridized carbons (Fsp3) is 0.381. The number of non-ortho nitro benzene ring substituents is 1. The van der Waals surface area contributed by atoms with E-state index >= 15 is 0 Å². The van der Waals surface area contributed by atoms with Crippen molar-refractivity contribution in [3.05, 3.63) is 62.5 Å². The summed E-state index contributed by atoms with van der Waals surface area (Å²) in [5.74, 6) is -2.32. The van der Waals surface area contributed by atoms with Crippen LogP contribution in [0.25, 0.3) is 0 Å². The molecule has 9 heteroatoms. The first-order valence-electron chi connectivity index (χ1n) is 9.57. The third-order valence-electron chi connectivity index (χ3n) is 5.22. The van der Waals surface area contributed by atoms with Crippen molar-refractivity contribution in [1.82, 2.24) is 0 Å². The predicted octanol–water partition coefficient (Wildman–Crippen LogP) is 2.47. The number of nitro benzene ring substituents is 1. The highest BCUT2D eigenvalue weighted by Gasteiger charge is 2.43. The van der Waals surface area contributed by atoms with Crippen LogP contribution in [0.3, 0.4) is 0 Å². The Morgan fingerprint density at radius 1 is 1.27 bits per heavy atom. The van der Waals surface area contributed by atoms with Gasteiger partial charge in [-0.05, 0) is 30.7 Å². The topological polar surface area (TPSA) is 151 Å². The number of carbonyl (C=O) groups is 2. The van der Waals surface area contributed by atoms with E-state index < -0.39 is 22.7 Å². The number of primary amides is 1. The number of fused-ring (bicyclic) bond motifs is 1. The van der Waals surface area contributed by atoms with Crippen LogP contribution in [0, 0.1) is 15.5 Å². The zero-order valence-electron chi connectivity index (χ0n) is 17.1. The van der Waals surface area contributed by atoms with E-state index in [0.717, 1.165) is 0 Å². The standard InChI is InChI=1S/C21H24N4O5/c1-4-30-20(27)17-15(11-5-7-12(8-6-11)25(28)29)16-13(22)9-21(2,3)10-14(16)24-18(17)19(23)26/h5-8,15H,4,9-10,22H2,1-3H3,(H2,23,26)/t15-/m0/s1. The molecule has 9 nitrogen and oxygen atoms in total. The number of amides is 1. The van der Waals surface area contributed by atoms with E-state index in [9.17, 15) is 19.7 Å². The summed E-state index contributed by atoms with van der Waals surface area (Å²) in [7, 11) is 0. The van der Waals surface area contributed by atoms with Gasteiger partial charge >= 0.3 is 5.97 Å². The Morgan fingerprint density at radius 2 is 1.90 bits per heavy atom. The first-order chi connectivity index (χ1) is 14.1. The molecule has 4 N–H and O–H groups in total. The molecule has 0 saturated carbocycles. The molecule has 30 heavy (non-hydrogen) atoms. The molecule has 1 aromatic carbocycles. The second-order valence-electron chi connectivity index (χ2n) is 8.14.